The lowest BCUT2D eigenvalue weighted by atomic mass is 10.0. The van der Waals surface area contributed by atoms with Crippen molar-refractivity contribution in [3.05, 3.63) is 34.9 Å². The van der Waals surface area contributed by atoms with E-state index in [-0.39, 0.29) is 11.8 Å². The number of nitrogens with zero attached hydrogens (tertiary/aromatic N) is 1. The van der Waals surface area contributed by atoms with Gasteiger partial charge in [-0.25, -0.2) is 0 Å². The van der Waals surface area contributed by atoms with E-state index in [0.717, 1.165) is 0 Å². The van der Waals surface area contributed by atoms with Crippen LogP contribution in [0.25, 0.3) is 0 Å². The molecule has 0 bridgehead atoms. The molecule has 0 fully saturated rings. The lowest BCUT2D eigenvalue weighted by molar-refractivity contribution is -0.132. The minimum absolute atomic E-state index is 0.00461. The Morgan fingerprint density at radius 3 is 2.44 bits per heavy atom. The molecule has 0 aliphatic heterocycles. The third kappa shape index (κ3) is 3.57. The highest BCUT2D eigenvalue weighted by Gasteiger charge is 2.21. The Kier molecular flexibility index (Phi) is 4.91. The van der Waals surface area contributed by atoms with Crippen molar-refractivity contribution < 1.29 is 4.79 Å². The van der Waals surface area contributed by atoms with Gasteiger partial charge in [-0.15, -0.1) is 0 Å². The summed E-state index contributed by atoms with van der Waals surface area (Å²) in [5.74, 6) is 0.170. The Labute approximate surface area is 110 Å². The van der Waals surface area contributed by atoms with Crippen molar-refractivity contribution in [2.75, 3.05) is 7.05 Å². The molecule has 2 N–H and O–H groups in total. The number of nitrogens with two attached hydrogens (primary N) is 1. The molecule has 1 aromatic carbocycles. The summed E-state index contributed by atoms with van der Waals surface area (Å²) in [7, 11) is 1.81. The van der Waals surface area contributed by atoms with Crippen molar-refractivity contribution in [1.82, 2.24) is 4.90 Å². The van der Waals surface area contributed by atoms with Crippen molar-refractivity contribution >= 4 is 5.91 Å². The minimum Gasteiger partial charge on any atom is -0.340 e. The van der Waals surface area contributed by atoms with Crippen LogP contribution in [0.5, 0.6) is 0 Å². The third-order valence-electron chi connectivity index (χ3n) is 3.29. The molecule has 1 atom stereocenters. The van der Waals surface area contributed by atoms with Gasteiger partial charge in [-0.2, -0.15) is 0 Å². The van der Waals surface area contributed by atoms with E-state index >= 15 is 0 Å². The fourth-order valence-electron chi connectivity index (χ4n) is 1.90. The summed E-state index contributed by atoms with van der Waals surface area (Å²) in [6, 6.07) is 5.87. The summed E-state index contributed by atoms with van der Waals surface area (Å²) >= 11 is 0. The molecule has 0 aliphatic rings. The lowest BCUT2D eigenvalue weighted by Crippen LogP contribution is -2.44. The van der Waals surface area contributed by atoms with Crippen molar-refractivity contribution in [3.63, 3.8) is 0 Å². The fourth-order valence-corrected chi connectivity index (χ4v) is 1.90. The third-order valence-corrected chi connectivity index (χ3v) is 3.29. The van der Waals surface area contributed by atoms with Crippen LogP contribution in [0.15, 0.2) is 18.2 Å². The summed E-state index contributed by atoms with van der Waals surface area (Å²) in [5, 5.41) is 0. The van der Waals surface area contributed by atoms with Gasteiger partial charge in [-0.3, -0.25) is 4.79 Å². The SMILES string of the molecule is Cc1ccc(CN(C)C(=O)[C@@H](N)C(C)C)c(C)c1. The van der Waals surface area contributed by atoms with Crippen LogP contribution in [0, 0.1) is 19.8 Å². The molecule has 3 heteroatoms. The van der Waals surface area contributed by atoms with Crippen LogP contribution in [-0.2, 0) is 11.3 Å². The van der Waals surface area contributed by atoms with Crippen LogP contribution < -0.4 is 5.73 Å². The Hall–Kier alpha value is -1.35. The average molecular weight is 248 g/mol. The highest BCUT2D eigenvalue weighted by atomic mass is 16.2. The molecule has 100 valence electrons. The number of carbonyl (C=O) groups is 1. The normalized spacial score (nSPS) is 12.6. The van der Waals surface area contributed by atoms with Gasteiger partial charge in [0.25, 0.3) is 0 Å². The van der Waals surface area contributed by atoms with Crippen molar-refractivity contribution in [1.29, 1.82) is 0 Å². The molecule has 0 heterocycles. The van der Waals surface area contributed by atoms with Crippen LogP contribution in [0.1, 0.15) is 30.5 Å². The first-order chi connectivity index (χ1) is 8.32. The molecular formula is C15H24N2O. The molecule has 0 radical (unpaired) electrons. The van der Waals surface area contributed by atoms with Gasteiger partial charge in [0.1, 0.15) is 0 Å². The number of carbonyl (C=O) groups excluding carboxylic acids is 1. The van der Waals surface area contributed by atoms with E-state index in [9.17, 15) is 4.79 Å². The molecule has 0 aromatic heterocycles. The quantitative estimate of drug-likeness (QED) is 0.888. The highest BCUT2D eigenvalue weighted by molar-refractivity contribution is 5.81. The number of hydrogen-bond acceptors (Lipinski definition) is 2. The zero-order valence-corrected chi connectivity index (χ0v) is 12.0. The van der Waals surface area contributed by atoms with E-state index in [4.69, 9.17) is 5.73 Å². The molecule has 0 aliphatic carbocycles. The maximum absolute atomic E-state index is 12.1. The van der Waals surface area contributed by atoms with Crippen molar-refractivity contribution in [2.24, 2.45) is 11.7 Å². The second-order valence-corrected chi connectivity index (χ2v) is 5.39. The van der Waals surface area contributed by atoms with Crippen LogP contribution in [0.2, 0.25) is 0 Å². The minimum atomic E-state index is -0.416. The van der Waals surface area contributed by atoms with Gasteiger partial charge < -0.3 is 10.6 Å². The first-order valence-corrected chi connectivity index (χ1v) is 6.39. The molecule has 3 nitrogen and oxygen atoms in total. The molecule has 1 rings (SSSR count). The van der Waals surface area contributed by atoms with Gasteiger partial charge in [-0.05, 0) is 30.9 Å². The van der Waals surface area contributed by atoms with Crippen LogP contribution >= 0.6 is 0 Å². The van der Waals surface area contributed by atoms with Gasteiger partial charge >= 0.3 is 0 Å². The van der Waals surface area contributed by atoms with Gasteiger partial charge in [0.05, 0.1) is 6.04 Å². The lowest BCUT2D eigenvalue weighted by Gasteiger charge is -2.24. The Bertz CT molecular complexity index is 427. The van der Waals surface area contributed by atoms with Crippen LogP contribution in [0.3, 0.4) is 0 Å². The molecular weight excluding hydrogens is 224 g/mol. The Balaban J connectivity index is 2.75. The average Bonchev–Trinajstić information content (AvgIpc) is 2.30. The summed E-state index contributed by atoms with van der Waals surface area (Å²) in [4.78, 5) is 13.8. The van der Waals surface area contributed by atoms with E-state index in [0.29, 0.717) is 6.54 Å². The molecule has 18 heavy (non-hydrogen) atoms. The molecule has 0 saturated carbocycles. The second-order valence-electron chi connectivity index (χ2n) is 5.39. The van der Waals surface area contributed by atoms with Gasteiger partial charge in [0.15, 0.2) is 0 Å². The maximum atomic E-state index is 12.1. The van der Waals surface area contributed by atoms with Crippen LogP contribution in [0.4, 0.5) is 0 Å². The van der Waals surface area contributed by atoms with E-state index in [1.165, 1.54) is 16.7 Å². The maximum Gasteiger partial charge on any atom is 0.239 e. The number of benzene rings is 1. The second kappa shape index (κ2) is 6.01. The summed E-state index contributed by atoms with van der Waals surface area (Å²) < 4.78 is 0. The molecule has 0 spiro atoms. The number of likely N-dealkylation sites (N-methyl/N-ethyl adjacent to an activating group) is 1. The summed E-state index contributed by atoms with van der Waals surface area (Å²) in [6.07, 6.45) is 0. The van der Waals surface area contributed by atoms with Crippen molar-refractivity contribution in [2.45, 2.75) is 40.3 Å². The summed E-state index contributed by atoms with van der Waals surface area (Å²) in [5.41, 5.74) is 9.51. The Morgan fingerprint density at radius 2 is 1.94 bits per heavy atom. The zero-order valence-electron chi connectivity index (χ0n) is 12.0. The van der Waals surface area contributed by atoms with Gasteiger partial charge in [-0.1, -0.05) is 37.6 Å². The van der Waals surface area contributed by atoms with E-state index in [2.05, 4.69) is 32.0 Å². The molecule has 1 aromatic rings. The molecule has 0 saturated heterocycles. The Morgan fingerprint density at radius 1 is 1.33 bits per heavy atom. The predicted octanol–water partition coefficient (Wildman–Crippen LogP) is 2.25. The van der Waals surface area contributed by atoms with E-state index < -0.39 is 6.04 Å². The monoisotopic (exact) mass is 248 g/mol. The number of aryl methyl sites for hydroxylation is 2. The largest absolute Gasteiger partial charge is 0.340 e. The molecule has 1 amide bonds. The fraction of sp³-hybridized carbons (Fsp3) is 0.533. The van der Waals surface area contributed by atoms with Gasteiger partial charge in [0.2, 0.25) is 5.91 Å². The van der Waals surface area contributed by atoms with E-state index in [1.54, 1.807) is 4.90 Å². The number of hydrogen-bond donors (Lipinski definition) is 1. The van der Waals surface area contributed by atoms with E-state index in [1.807, 2.05) is 20.9 Å². The first kappa shape index (κ1) is 14.7. The topological polar surface area (TPSA) is 46.3 Å². The summed E-state index contributed by atoms with van der Waals surface area (Å²) in [6.45, 7) is 8.69. The molecule has 0 unspecified atom stereocenters. The standard InChI is InChI=1S/C15H24N2O/c1-10(2)14(16)15(18)17(5)9-13-7-6-11(3)8-12(13)4/h6-8,10,14H,9,16H2,1-5H3/t14-/m0/s1. The van der Waals surface area contributed by atoms with Crippen LogP contribution in [-0.4, -0.2) is 23.9 Å². The number of amides is 1. The number of rotatable bonds is 4. The van der Waals surface area contributed by atoms with Gasteiger partial charge in [0, 0.05) is 13.6 Å². The van der Waals surface area contributed by atoms with Crippen molar-refractivity contribution in [3.8, 4) is 0 Å². The zero-order chi connectivity index (χ0) is 13.9. The first-order valence-electron chi connectivity index (χ1n) is 6.39. The predicted molar refractivity (Wildman–Crippen MR) is 75.2 cm³/mol. The smallest absolute Gasteiger partial charge is 0.239 e. The highest BCUT2D eigenvalue weighted by Crippen LogP contribution is 2.13.